The Hall–Kier alpha value is -2.11. The first-order valence-electron chi connectivity index (χ1n) is 4.29. The second kappa shape index (κ2) is 4.94. The number of ether oxygens (including phenoxy) is 1. The Morgan fingerprint density at radius 1 is 1.67 bits per heavy atom. The molecule has 0 bridgehead atoms. The number of anilines is 1. The Morgan fingerprint density at radius 2 is 2.40 bits per heavy atom. The normalized spacial score (nSPS) is 10.5. The van der Waals surface area contributed by atoms with Gasteiger partial charge in [-0.25, -0.2) is 0 Å². The first-order chi connectivity index (χ1) is 7.13. The number of aromatic nitrogens is 1. The molecule has 15 heavy (non-hydrogen) atoms. The topological polar surface area (TPSA) is 91.3 Å². The maximum Gasteiger partial charge on any atom is 0.278 e. The molecule has 0 saturated carbocycles. The van der Waals surface area contributed by atoms with Crippen LogP contribution >= 0.6 is 0 Å². The Balaban J connectivity index is 2.84. The van der Waals surface area contributed by atoms with Crippen molar-refractivity contribution in [2.45, 2.75) is 6.92 Å². The third kappa shape index (κ3) is 3.26. The van der Waals surface area contributed by atoms with E-state index in [1.54, 1.807) is 12.2 Å². The van der Waals surface area contributed by atoms with E-state index in [2.05, 4.69) is 4.98 Å². The van der Waals surface area contributed by atoms with Crippen molar-refractivity contribution in [2.24, 2.45) is 0 Å². The summed E-state index contributed by atoms with van der Waals surface area (Å²) in [6.07, 6.45) is 3.57. The number of nitro groups is 1. The predicted molar refractivity (Wildman–Crippen MR) is 55.6 cm³/mol. The van der Waals surface area contributed by atoms with Crippen molar-refractivity contribution < 1.29 is 9.66 Å². The van der Waals surface area contributed by atoms with Crippen LogP contribution in [0.25, 0.3) is 0 Å². The molecule has 0 unspecified atom stereocenters. The smallest absolute Gasteiger partial charge is 0.278 e. The highest BCUT2D eigenvalue weighted by Crippen LogP contribution is 2.20. The molecule has 1 aromatic rings. The monoisotopic (exact) mass is 209 g/mol. The van der Waals surface area contributed by atoms with Crippen LogP contribution < -0.4 is 10.5 Å². The minimum absolute atomic E-state index is 0.0691. The summed E-state index contributed by atoms with van der Waals surface area (Å²) in [5.74, 6) is 0.222. The highest BCUT2D eigenvalue weighted by atomic mass is 16.6. The first-order valence-corrected chi connectivity index (χ1v) is 4.29. The Bertz CT molecular complexity index is 390. The van der Waals surface area contributed by atoms with E-state index in [1.807, 2.05) is 6.92 Å². The van der Waals surface area contributed by atoms with Crippen molar-refractivity contribution in [2.75, 3.05) is 12.3 Å². The largest absolute Gasteiger partial charge is 0.473 e. The van der Waals surface area contributed by atoms with E-state index in [-0.39, 0.29) is 17.4 Å². The molecule has 0 saturated heterocycles. The van der Waals surface area contributed by atoms with Gasteiger partial charge in [-0.15, -0.1) is 0 Å². The van der Waals surface area contributed by atoms with Gasteiger partial charge in [-0.1, -0.05) is 12.2 Å². The fourth-order valence-corrected chi connectivity index (χ4v) is 0.921. The molecule has 1 rings (SSSR count). The second-order valence-electron chi connectivity index (χ2n) is 2.73. The van der Waals surface area contributed by atoms with Gasteiger partial charge in [0.25, 0.3) is 5.69 Å². The maximum atomic E-state index is 10.5. The molecule has 0 aliphatic heterocycles. The molecule has 0 fully saturated rings. The van der Waals surface area contributed by atoms with E-state index in [4.69, 9.17) is 10.5 Å². The standard InChI is InChI=1S/C9H11N3O3/c1-2-3-4-15-9-6-7(12(13)14)5-8(10)11-9/h2-3,5-6H,4H2,1H3,(H2,10,11)/b3-2+. The molecule has 6 nitrogen and oxygen atoms in total. The van der Waals surface area contributed by atoms with E-state index >= 15 is 0 Å². The minimum Gasteiger partial charge on any atom is -0.473 e. The zero-order valence-corrected chi connectivity index (χ0v) is 8.21. The molecule has 0 atom stereocenters. The third-order valence-electron chi connectivity index (χ3n) is 1.58. The van der Waals surface area contributed by atoms with E-state index in [0.717, 1.165) is 0 Å². The van der Waals surface area contributed by atoms with Crippen LogP contribution in [0, 0.1) is 10.1 Å². The summed E-state index contributed by atoms with van der Waals surface area (Å²) in [4.78, 5) is 13.8. The average Bonchev–Trinajstić information content (AvgIpc) is 2.17. The summed E-state index contributed by atoms with van der Waals surface area (Å²) in [6.45, 7) is 2.16. The van der Waals surface area contributed by atoms with Crippen molar-refractivity contribution in [3.63, 3.8) is 0 Å². The summed E-state index contributed by atoms with van der Waals surface area (Å²) in [5.41, 5.74) is 5.26. The zero-order chi connectivity index (χ0) is 11.3. The van der Waals surface area contributed by atoms with Crippen LogP contribution in [0.5, 0.6) is 5.88 Å². The first kappa shape index (κ1) is 11.0. The molecule has 2 N–H and O–H groups in total. The predicted octanol–water partition coefficient (Wildman–Crippen LogP) is 1.53. The number of hydrogen-bond donors (Lipinski definition) is 1. The van der Waals surface area contributed by atoms with Gasteiger partial charge in [0.2, 0.25) is 5.88 Å². The minimum atomic E-state index is -0.541. The number of nitrogens with zero attached hydrogens (tertiary/aromatic N) is 2. The number of hydrogen-bond acceptors (Lipinski definition) is 5. The van der Waals surface area contributed by atoms with Gasteiger partial charge in [0.05, 0.1) is 17.1 Å². The Morgan fingerprint density at radius 3 is 3.00 bits per heavy atom. The summed E-state index contributed by atoms with van der Waals surface area (Å²) in [5, 5.41) is 10.5. The van der Waals surface area contributed by atoms with Gasteiger partial charge in [-0.3, -0.25) is 10.1 Å². The van der Waals surface area contributed by atoms with E-state index < -0.39 is 4.92 Å². The number of allylic oxidation sites excluding steroid dienone is 1. The summed E-state index contributed by atoms with van der Waals surface area (Å²) < 4.78 is 5.14. The van der Waals surface area contributed by atoms with E-state index in [1.165, 1.54) is 12.1 Å². The quantitative estimate of drug-likeness (QED) is 0.461. The van der Waals surface area contributed by atoms with Crippen LogP contribution in [-0.2, 0) is 0 Å². The SMILES string of the molecule is C/C=C/COc1cc([N+](=O)[O-])cc(N)n1. The molecule has 0 aliphatic rings. The number of rotatable bonds is 4. The molecule has 0 spiro atoms. The van der Waals surface area contributed by atoms with Crippen LogP contribution in [0.3, 0.4) is 0 Å². The fourth-order valence-electron chi connectivity index (χ4n) is 0.921. The third-order valence-corrected chi connectivity index (χ3v) is 1.58. The van der Waals surface area contributed by atoms with Gasteiger partial charge in [0.15, 0.2) is 0 Å². The zero-order valence-electron chi connectivity index (χ0n) is 8.21. The van der Waals surface area contributed by atoms with Gasteiger partial charge in [-0.2, -0.15) is 4.98 Å². The molecule has 0 aliphatic carbocycles. The highest BCUT2D eigenvalue weighted by Gasteiger charge is 2.09. The lowest BCUT2D eigenvalue weighted by atomic mass is 10.4. The lowest BCUT2D eigenvalue weighted by Crippen LogP contribution is -2.00. The molecule has 1 aromatic heterocycles. The maximum absolute atomic E-state index is 10.5. The van der Waals surface area contributed by atoms with Crippen molar-refractivity contribution in [3.8, 4) is 5.88 Å². The summed E-state index contributed by atoms with van der Waals surface area (Å²) in [7, 11) is 0. The number of nitrogens with two attached hydrogens (primary N) is 1. The van der Waals surface area contributed by atoms with Crippen molar-refractivity contribution in [3.05, 3.63) is 34.4 Å². The second-order valence-corrected chi connectivity index (χ2v) is 2.73. The van der Waals surface area contributed by atoms with Crippen LogP contribution in [0.4, 0.5) is 11.5 Å². The molecule has 6 heteroatoms. The fraction of sp³-hybridized carbons (Fsp3) is 0.222. The van der Waals surface area contributed by atoms with Crippen molar-refractivity contribution >= 4 is 11.5 Å². The van der Waals surface area contributed by atoms with Crippen molar-refractivity contribution in [1.82, 2.24) is 4.98 Å². The lowest BCUT2D eigenvalue weighted by Gasteiger charge is -2.02. The van der Waals surface area contributed by atoms with Gasteiger partial charge in [-0.05, 0) is 6.92 Å². The molecular formula is C9H11N3O3. The van der Waals surface area contributed by atoms with E-state index in [9.17, 15) is 10.1 Å². The molecule has 1 heterocycles. The highest BCUT2D eigenvalue weighted by molar-refractivity contribution is 5.45. The number of pyridine rings is 1. The Kier molecular flexibility index (Phi) is 3.61. The van der Waals surface area contributed by atoms with Crippen LogP contribution in [0.2, 0.25) is 0 Å². The van der Waals surface area contributed by atoms with Gasteiger partial charge in [0, 0.05) is 0 Å². The van der Waals surface area contributed by atoms with Crippen molar-refractivity contribution in [1.29, 1.82) is 0 Å². The van der Waals surface area contributed by atoms with Gasteiger partial charge < -0.3 is 10.5 Å². The lowest BCUT2D eigenvalue weighted by molar-refractivity contribution is -0.384. The average molecular weight is 209 g/mol. The Labute approximate surface area is 86.5 Å². The molecule has 0 aromatic carbocycles. The van der Waals surface area contributed by atoms with Gasteiger partial charge in [0.1, 0.15) is 12.4 Å². The summed E-state index contributed by atoms with van der Waals surface area (Å²) in [6, 6.07) is 2.42. The molecular weight excluding hydrogens is 198 g/mol. The van der Waals surface area contributed by atoms with Crippen LogP contribution in [0.1, 0.15) is 6.92 Å². The molecule has 80 valence electrons. The van der Waals surface area contributed by atoms with E-state index in [0.29, 0.717) is 6.61 Å². The summed E-state index contributed by atoms with van der Waals surface area (Å²) >= 11 is 0. The molecule has 0 radical (unpaired) electrons. The van der Waals surface area contributed by atoms with Gasteiger partial charge >= 0.3 is 0 Å². The molecule has 0 amide bonds. The van der Waals surface area contributed by atoms with Crippen LogP contribution in [0.15, 0.2) is 24.3 Å². The van der Waals surface area contributed by atoms with Crippen LogP contribution in [-0.4, -0.2) is 16.5 Å². The number of nitrogen functional groups attached to an aromatic ring is 1.